The highest BCUT2D eigenvalue weighted by molar-refractivity contribution is 5.27. The van der Waals surface area contributed by atoms with E-state index in [9.17, 15) is 0 Å². The molecule has 23 heavy (non-hydrogen) atoms. The Morgan fingerprint density at radius 1 is 1.35 bits per heavy atom. The van der Waals surface area contributed by atoms with Gasteiger partial charge in [0.2, 0.25) is 0 Å². The smallest absolute Gasteiger partial charge is 0.0644 e. The molecule has 0 unspecified atom stereocenters. The van der Waals surface area contributed by atoms with Crippen LogP contribution in [-0.4, -0.2) is 31.3 Å². The number of aryl methyl sites for hydroxylation is 2. The molecule has 0 bridgehead atoms. The number of hydrogen-bond acceptors (Lipinski definition) is 4. The van der Waals surface area contributed by atoms with E-state index in [0.29, 0.717) is 12.6 Å². The molecule has 126 valence electrons. The number of rotatable bonds is 6. The van der Waals surface area contributed by atoms with Gasteiger partial charge in [-0.3, -0.25) is 9.36 Å². The number of nitrogens with one attached hydrogen (secondary N) is 1. The van der Waals surface area contributed by atoms with Crippen molar-refractivity contribution in [3.63, 3.8) is 0 Å². The first-order valence-electron chi connectivity index (χ1n) is 8.57. The predicted octanol–water partition coefficient (Wildman–Crippen LogP) is 1.88. The van der Waals surface area contributed by atoms with Crippen molar-refractivity contribution in [2.24, 2.45) is 0 Å². The van der Waals surface area contributed by atoms with Crippen molar-refractivity contribution in [2.45, 2.75) is 65.7 Å². The Morgan fingerprint density at radius 3 is 2.87 bits per heavy atom. The third-order valence-electron chi connectivity index (χ3n) is 4.93. The van der Waals surface area contributed by atoms with Gasteiger partial charge in [-0.15, -0.1) is 0 Å². The Bertz CT molecular complexity index is 673. The van der Waals surface area contributed by atoms with Crippen molar-refractivity contribution in [1.82, 2.24) is 24.9 Å². The number of hydrogen-bond donors (Lipinski definition) is 2. The first-order chi connectivity index (χ1) is 11.2. The van der Waals surface area contributed by atoms with E-state index in [1.807, 2.05) is 10.9 Å². The van der Waals surface area contributed by atoms with Crippen molar-refractivity contribution in [3.8, 4) is 0 Å². The Balaban J connectivity index is 1.74. The molecule has 1 aliphatic carbocycles. The number of fused-ring (bicyclic) bond motifs is 1. The fourth-order valence-corrected chi connectivity index (χ4v) is 3.64. The minimum atomic E-state index is 0.140. The largest absolute Gasteiger partial charge is 0.394 e. The van der Waals surface area contributed by atoms with Crippen LogP contribution in [0.2, 0.25) is 0 Å². The van der Waals surface area contributed by atoms with Crippen LogP contribution in [0.1, 0.15) is 54.0 Å². The molecule has 0 saturated carbocycles. The van der Waals surface area contributed by atoms with E-state index >= 15 is 0 Å². The van der Waals surface area contributed by atoms with E-state index in [1.165, 1.54) is 22.5 Å². The van der Waals surface area contributed by atoms with E-state index in [-0.39, 0.29) is 6.61 Å². The summed E-state index contributed by atoms with van der Waals surface area (Å²) in [6.45, 7) is 8.83. The molecular weight excluding hydrogens is 290 g/mol. The minimum Gasteiger partial charge on any atom is -0.394 e. The standard InChI is InChI=1S/C17H27N5O/c1-4-21-13(3)14(12(2)20-21)10-18-16-6-5-7-17-15(16)11-19-22(17)8-9-23/h11,16,18,23H,4-10H2,1-3H3/t16-/m0/s1. The summed E-state index contributed by atoms with van der Waals surface area (Å²) in [7, 11) is 0. The van der Waals surface area contributed by atoms with Crippen LogP contribution < -0.4 is 5.32 Å². The molecule has 2 N–H and O–H groups in total. The molecule has 0 spiro atoms. The van der Waals surface area contributed by atoms with E-state index < -0.39 is 0 Å². The molecule has 6 nitrogen and oxygen atoms in total. The first kappa shape index (κ1) is 16.2. The topological polar surface area (TPSA) is 67.9 Å². The second kappa shape index (κ2) is 6.84. The summed E-state index contributed by atoms with van der Waals surface area (Å²) in [6, 6.07) is 0.343. The van der Waals surface area contributed by atoms with Crippen LogP contribution in [-0.2, 0) is 26.1 Å². The molecule has 2 aromatic rings. The predicted molar refractivity (Wildman–Crippen MR) is 89.2 cm³/mol. The highest BCUT2D eigenvalue weighted by Gasteiger charge is 2.24. The summed E-state index contributed by atoms with van der Waals surface area (Å²) in [5.74, 6) is 0. The van der Waals surface area contributed by atoms with E-state index in [1.54, 1.807) is 0 Å². The molecule has 3 rings (SSSR count). The molecule has 0 radical (unpaired) electrons. The fourth-order valence-electron chi connectivity index (χ4n) is 3.64. The summed E-state index contributed by atoms with van der Waals surface area (Å²) < 4.78 is 4.02. The van der Waals surface area contributed by atoms with Gasteiger partial charge in [0.15, 0.2) is 0 Å². The van der Waals surface area contributed by atoms with Crippen LogP contribution in [0, 0.1) is 13.8 Å². The monoisotopic (exact) mass is 317 g/mol. The number of nitrogens with zero attached hydrogens (tertiary/aromatic N) is 4. The van der Waals surface area contributed by atoms with Gasteiger partial charge in [-0.25, -0.2) is 0 Å². The lowest BCUT2D eigenvalue weighted by Crippen LogP contribution is -2.25. The van der Waals surface area contributed by atoms with Crippen LogP contribution in [0.25, 0.3) is 0 Å². The van der Waals surface area contributed by atoms with E-state index in [2.05, 4.69) is 41.0 Å². The Kier molecular flexibility index (Phi) is 4.82. The lowest BCUT2D eigenvalue weighted by molar-refractivity contribution is 0.266. The average molecular weight is 317 g/mol. The zero-order chi connectivity index (χ0) is 16.4. The molecule has 0 aromatic carbocycles. The van der Waals surface area contributed by atoms with E-state index in [4.69, 9.17) is 5.11 Å². The Hall–Kier alpha value is -1.66. The fraction of sp³-hybridized carbons (Fsp3) is 0.647. The van der Waals surface area contributed by atoms with Gasteiger partial charge in [0.05, 0.1) is 25.0 Å². The summed E-state index contributed by atoms with van der Waals surface area (Å²) in [4.78, 5) is 0. The van der Waals surface area contributed by atoms with Crippen molar-refractivity contribution in [1.29, 1.82) is 0 Å². The van der Waals surface area contributed by atoms with Crippen molar-refractivity contribution in [3.05, 3.63) is 34.4 Å². The normalized spacial score (nSPS) is 17.5. The molecule has 2 aromatic heterocycles. The van der Waals surface area contributed by atoms with Gasteiger partial charge in [0.1, 0.15) is 0 Å². The molecule has 0 amide bonds. The summed E-state index contributed by atoms with van der Waals surface area (Å²) in [6.07, 6.45) is 5.32. The zero-order valence-electron chi connectivity index (χ0n) is 14.3. The van der Waals surface area contributed by atoms with Crippen LogP contribution in [0.15, 0.2) is 6.20 Å². The molecule has 0 saturated heterocycles. The van der Waals surface area contributed by atoms with Gasteiger partial charge in [-0.2, -0.15) is 10.2 Å². The SMILES string of the molecule is CCn1nc(C)c(CN[C@H]2CCCc3c2cnn3CCO)c1C. The van der Waals surface area contributed by atoms with Gasteiger partial charge in [0, 0.05) is 41.6 Å². The lowest BCUT2D eigenvalue weighted by atomic mass is 9.92. The number of aliphatic hydroxyl groups is 1. The Labute approximate surface area is 137 Å². The maximum absolute atomic E-state index is 9.16. The number of aliphatic hydroxyl groups excluding tert-OH is 1. The third kappa shape index (κ3) is 3.05. The highest BCUT2D eigenvalue weighted by atomic mass is 16.3. The zero-order valence-corrected chi connectivity index (χ0v) is 14.3. The molecule has 0 fully saturated rings. The third-order valence-corrected chi connectivity index (χ3v) is 4.93. The summed E-state index contributed by atoms with van der Waals surface area (Å²) in [5, 5.41) is 21.9. The van der Waals surface area contributed by atoms with Crippen LogP contribution in [0.3, 0.4) is 0 Å². The average Bonchev–Trinajstić information content (AvgIpc) is 3.08. The van der Waals surface area contributed by atoms with Crippen molar-refractivity contribution in [2.75, 3.05) is 6.61 Å². The molecule has 0 aliphatic heterocycles. The highest BCUT2D eigenvalue weighted by Crippen LogP contribution is 2.30. The van der Waals surface area contributed by atoms with Gasteiger partial charge in [0.25, 0.3) is 0 Å². The van der Waals surface area contributed by atoms with Gasteiger partial charge in [-0.05, 0) is 40.0 Å². The van der Waals surface area contributed by atoms with Crippen LogP contribution in [0.4, 0.5) is 0 Å². The van der Waals surface area contributed by atoms with Crippen LogP contribution >= 0.6 is 0 Å². The molecule has 1 aliphatic rings. The Morgan fingerprint density at radius 2 is 2.17 bits per heavy atom. The first-order valence-corrected chi connectivity index (χ1v) is 8.57. The minimum absolute atomic E-state index is 0.140. The summed E-state index contributed by atoms with van der Waals surface area (Å²) >= 11 is 0. The van der Waals surface area contributed by atoms with Crippen molar-refractivity contribution >= 4 is 0 Å². The second-order valence-corrected chi connectivity index (χ2v) is 6.28. The molecule has 1 atom stereocenters. The van der Waals surface area contributed by atoms with Gasteiger partial charge >= 0.3 is 0 Å². The van der Waals surface area contributed by atoms with Crippen LogP contribution in [0.5, 0.6) is 0 Å². The molecule has 2 heterocycles. The van der Waals surface area contributed by atoms with Crippen molar-refractivity contribution < 1.29 is 5.11 Å². The maximum atomic E-state index is 9.16. The molecular formula is C17H27N5O. The lowest BCUT2D eigenvalue weighted by Gasteiger charge is -2.24. The quantitative estimate of drug-likeness (QED) is 0.853. The summed E-state index contributed by atoms with van der Waals surface area (Å²) in [5.41, 5.74) is 6.25. The molecule has 6 heteroatoms. The van der Waals surface area contributed by atoms with E-state index in [0.717, 1.165) is 38.0 Å². The van der Waals surface area contributed by atoms with Gasteiger partial charge in [-0.1, -0.05) is 0 Å². The number of aromatic nitrogens is 4. The maximum Gasteiger partial charge on any atom is 0.0644 e. The second-order valence-electron chi connectivity index (χ2n) is 6.28. The van der Waals surface area contributed by atoms with Gasteiger partial charge < -0.3 is 10.4 Å².